The van der Waals surface area contributed by atoms with Crippen molar-refractivity contribution < 1.29 is 23.1 Å². The Hall–Kier alpha value is -2.42. The lowest BCUT2D eigenvalue weighted by molar-refractivity contribution is -0.137. The molecule has 0 aliphatic carbocycles. The molecule has 1 aromatic rings. The molecule has 112 valence electrons. The fraction of sp³-hybridized carbons (Fsp3) is 0.273. The molecule has 1 rings (SSSR count). The van der Waals surface area contributed by atoms with Crippen LogP contribution in [0.25, 0.3) is 10.4 Å². The predicted molar refractivity (Wildman–Crippen MR) is 73.0 cm³/mol. The number of carbonyl (C=O) groups excluding carboxylic acids is 2. The Morgan fingerprint density at radius 1 is 1.52 bits per heavy atom. The maximum atomic E-state index is 11.7. The highest BCUT2D eigenvalue weighted by Crippen LogP contribution is 2.32. The van der Waals surface area contributed by atoms with E-state index in [9.17, 15) is 18.4 Å². The molecule has 1 unspecified atom stereocenters. The number of carbonyl (C=O) groups is 2. The summed E-state index contributed by atoms with van der Waals surface area (Å²) in [7, 11) is 0. The second-order valence-corrected chi connectivity index (χ2v) is 4.68. The van der Waals surface area contributed by atoms with Crippen molar-refractivity contribution in [2.24, 2.45) is 5.11 Å². The first kappa shape index (κ1) is 16.6. The van der Waals surface area contributed by atoms with Gasteiger partial charge in [0.05, 0.1) is 16.9 Å². The number of benzene rings is 1. The standard InChI is InChI=1S/C11H12N4O5S/c1-2-8(16)20-11(17)7-4-3-6(5-21(18)19)10(9(7)12)14-15-13/h3-4H,2,5,12H2,1H3,(H,18,19)/p-1. The first-order valence-corrected chi connectivity index (χ1v) is 6.92. The zero-order valence-electron chi connectivity index (χ0n) is 10.9. The summed E-state index contributed by atoms with van der Waals surface area (Å²) >= 11 is -2.43. The molecule has 10 heteroatoms. The summed E-state index contributed by atoms with van der Waals surface area (Å²) in [4.78, 5) is 25.4. The number of esters is 2. The molecule has 0 aliphatic rings. The summed E-state index contributed by atoms with van der Waals surface area (Å²) < 4.78 is 26.0. The van der Waals surface area contributed by atoms with Gasteiger partial charge < -0.3 is 15.0 Å². The van der Waals surface area contributed by atoms with Crippen LogP contribution in [0.4, 0.5) is 11.4 Å². The van der Waals surface area contributed by atoms with Gasteiger partial charge in [-0.1, -0.05) is 29.2 Å². The number of ether oxygens (including phenoxy) is 1. The minimum atomic E-state index is -2.43. The molecular weight excluding hydrogens is 300 g/mol. The van der Waals surface area contributed by atoms with Gasteiger partial charge in [0.1, 0.15) is 0 Å². The molecule has 0 saturated heterocycles. The third-order valence-corrected chi connectivity index (χ3v) is 2.98. The second kappa shape index (κ2) is 7.39. The van der Waals surface area contributed by atoms with Crippen LogP contribution in [0.2, 0.25) is 0 Å². The van der Waals surface area contributed by atoms with Gasteiger partial charge in [0, 0.05) is 17.1 Å². The zero-order valence-corrected chi connectivity index (χ0v) is 11.8. The molecule has 1 aromatic carbocycles. The van der Waals surface area contributed by atoms with Crippen LogP contribution in [0.3, 0.4) is 0 Å². The van der Waals surface area contributed by atoms with Crippen molar-refractivity contribution in [3.63, 3.8) is 0 Å². The number of nitrogens with two attached hydrogens (primary N) is 1. The quantitative estimate of drug-likeness (QED) is 0.166. The smallest absolute Gasteiger partial charge is 0.347 e. The van der Waals surface area contributed by atoms with Crippen molar-refractivity contribution in [3.8, 4) is 0 Å². The highest BCUT2D eigenvalue weighted by atomic mass is 32.2. The lowest BCUT2D eigenvalue weighted by atomic mass is 10.1. The Labute approximate surface area is 122 Å². The summed E-state index contributed by atoms with van der Waals surface area (Å²) in [6.07, 6.45) is 0.00208. The molecular formula is C11H11N4O5S-. The van der Waals surface area contributed by atoms with E-state index in [2.05, 4.69) is 14.8 Å². The van der Waals surface area contributed by atoms with Gasteiger partial charge in [-0.05, 0) is 17.2 Å². The Morgan fingerprint density at radius 2 is 2.19 bits per heavy atom. The summed E-state index contributed by atoms with van der Waals surface area (Å²) in [5, 5.41) is 3.29. The molecule has 1 atom stereocenters. The number of hydrogen-bond donors (Lipinski definition) is 1. The molecule has 0 aromatic heterocycles. The van der Waals surface area contributed by atoms with Gasteiger partial charge in [-0.25, -0.2) is 4.79 Å². The van der Waals surface area contributed by atoms with E-state index in [-0.39, 0.29) is 28.9 Å². The molecule has 2 N–H and O–H groups in total. The highest BCUT2D eigenvalue weighted by molar-refractivity contribution is 7.78. The summed E-state index contributed by atoms with van der Waals surface area (Å²) in [6.45, 7) is 1.51. The average Bonchev–Trinajstić information content (AvgIpc) is 2.42. The molecule has 0 amide bonds. The molecule has 0 radical (unpaired) electrons. The van der Waals surface area contributed by atoms with Crippen LogP contribution in [-0.2, 0) is 26.4 Å². The Bertz CT molecular complexity index is 654. The summed E-state index contributed by atoms with van der Waals surface area (Å²) in [6, 6.07) is 2.47. The summed E-state index contributed by atoms with van der Waals surface area (Å²) in [5.41, 5.74) is 13.7. The monoisotopic (exact) mass is 311 g/mol. The van der Waals surface area contributed by atoms with Gasteiger partial charge in [-0.15, -0.1) is 0 Å². The summed E-state index contributed by atoms with van der Waals surface area (Å²) in [5.74, 6) is -2.17. The van der Waals surface area contributed by atoms with E-state index in [4.69, 9.17) is 11.3 Å². The van der Waals surface area contributed by atoms with Crippen LogP contribution in [0.1, 0.15) is 29.3 Å². The van der Waals surface area contributed by atoms with Gasteiger partial charge in [0.2, 0.25) is 0 Å². The van der Waals surface area contributed by atoms with Crippen molar-refractivity contribution >= 4 is 34.4 Å². The lowest BCUT2D eigenvalue weighted by Crippen LogP contribution is -2.13. The number of nitrogen functional groups attached to an aromatic ring is 1. The molecule has 0 bridgehead atoms. The molecule has 0 fully saturated rings. The highest BCUT2D eigenvalue weighted by Gasteiger charge is 2.18. The van der Waals surface area contributed by atoms with Gasteiger partial charge >= 0.3 is 11.9 Å². The van der Waals surface area contributed by atoms with E-state index in [0.29, 0.717) is 0 Å². The van der Waals surface area contributed by atoms with E-state index in [1.807, 2.05) is 0 Å². The Kier molecular flexibility index (Phi) is 5.85. The van der Waals surface area contributed by atoms with E-state index in [1.165, 1.54) is 19.1 Å². The van der Waals surface area contributed by atoms with E-state index in [0.717, 1.165) is 0 Å². The van der Waals surface area contributed by atoms with E-state index < -0.39 is 28.8 Å². The van der Waals surface area contributed by atoms with Crippen LogP contribution in [0.5, 0.6) is 0 Å². The minimum Gasteiger partial charge on any atom is -0.772 e. The average molecular weight is 311 g/mol. The largest absolute Gasteiger partial charge is 0.772 e. The van der Waals surface area contributed by atoms with E-state index >= 15 is 0 Å². The molecule has 21 heavy (non-hydrogen) atoms. The third-order valence-electron chi connectivity index (χ3n) is 2.43. The maximum Gasteiger partial charge on any atom is 0.347 e. The lowest BCUT2D eigenvalue weighted by Gasteiger charge is -2.13. The van der Waals surface area contributed by atoms with Gasteiger partial charge in [-0.2, -0.15) is 0 Å². The van der Waals surface area contributed by atoms with Crippen LogP contribution < -0.4 is 5.73 Å². The van der Waals surface area contributed by atoms with Crippen molar-refractivity contribution in [1.29, 1.82) is 0 Å². The van der Waals surface area contributed by atoms with Crippen LogP contribution >= 0.6 is 0 Å². The third kappa shape index (κ3) is 4.28. The molecule has 0 spiro atoms. The minimum absolute atomic E-state index is 0.00208. The van der Waals surface area contributed by atoms with Crippen molar-refractivity contribution in [2.75, 3.05) is 5.73 Å². The fourth-order valence-electron chi connectivity index (χ4n) is 1.47. The SMILES string of the molecule is CCC(=O)OC(=O)c1ccc(CS(=O)[O-])c(N=[N+]=[N-])c1N. The topological polar surface area (TPSA) is 158 Å². The first-order valence-electron chi connectivity index (χ1n) is 5.68. The number of anilines is 1. The van der Waals surface area contributed by atoms with Crippen LogP contribution in [0, 0.1) is 0 Å². The predicted octanol–water partition coefficient (Wildman–Crippen LogP) is 1.68. The number of nitrogens with zero attached hydrogens (tertiary/aromatic N) is 3. The second-order valence-electron chi connectivity index (χ2n) is 3.79. The van der Waals surface area contributed by atoms with Crippen molar-refractivity contribution in [2.45, 2.75) is 19.1 Å². The van der Waals surface area contributed by atoms with Gasteiger partial charge in [0.25, 0.3) is 0 Å². The number of azide groups is 1. The zero-order chi connectivity index (χ0) is 16.0. The molecule has 0 heterocycles. The Balaban J connectivity index is 3.28. The van der Waals surface area contributed by atoms with Crippen LogP contribution in [-0.4, -0.2) is 20.7 Å². The normalized spacial score (nSPS) is 11.3. The van der Waals surface area contributed by atoms with Crippen LogP contribution in [0.15, 0.2) is 17.2 Å². The first-order chi connectivity index (χ1) is 9.90. The molecule has 9 nitrogen and oxygen atoms in total. The van der Waals surface area contributed by atoms with E-state index in [1.54, 1.807) is 0 Å². The Morgan fingerprint density at radius 3 is 2.71 bits per heavy atom. The molecule has 0 saturated carbocycles. The molecule has 0 aliphatic heterocycles. The maximum absolute atomic E-state index is 11.7. The van der Waals surface area contributed by atoms with Crippen molar-refractivity contribution in [1.82, 2.24) is 0 Å². The van der Waals surface area contributed by atoms with Crippen molar-refractivity contribution in [3.05, 3.63) is 33.7 Å². The number of rotatable bonds is 5. The number of hydrogen-bond acceptors (Lipinski definition) is 7. The van der Waals surface area contributed by atoms with Gasteiger partial charge in [0.15, 0.2) is 0 Å². The fourth-order valence-corrected chi connectivity index (χ4v) is 1.95. The van der Waals surface area contributed by atoms with Gasteiger partial charge in [-0.3, -0.25) is 9.00 Å².